The van der Waals surface area contributed by atoms with Gasteiger partial charge in [0.1, 0.15) is 0 Å². The lowest BCUT2D eigenvalue weighted by atomic mass is 9.89. The van der Waals surface area contributed by atoms with Crippen molar-refractivity contribution in [1.29, 1.82) is 0 Å². The van der Waals surface area contributed by atoms with E-state index in [1.54, 1.807) is 12.1 Å². The van der Waals surface area contributed by atoms with Crippen molar-refractivity contribution in [3.8, 4) is 0 Å². The van der Waals surface area contributed by atoms with Gasteiger partial charge in [0, 0.05) is 17.3 Å². The summed E-state index contributed by atoms with van der Waals surface area (Å²) in [5.74, 6) is -1.17. The maximum atomic E-state index is 11.1. The van der Waals surface area contributed by atoms with E-state index in [4.69, 9.17) is 16.7 Å². The molecule has 3 nitrogen and oxygen atoms in total. The van der Waals surface area contributed by atoms with Crippen LogP contribution in [0.25, 0.3) is 0 Å². The maximum absolute atomic E-state index is 11.1. The first kappa shape index (κ1) is 10.3. The third-order valence-corrected chi connectivity index (χ3v) is 3.25. The Bertz CT molecular complexity index is 417. The average Bonchev–Trinajstić information content (AvgIpc) is 2.23. The fourth-order valence-corrected chi connectivity index (χ4v) is 2.14. The predicted octanol–water partition coefficient (Wildman–Crippen LogP) is 2.63. The van der Waals surface area contributed by atoms with E-state index in [1.807, 2.05) is 6.92 Å². The summed E-state index contributed by atoms with van der Waals surface area (Å²) >= 11 is 5.99. The zero-order valence-electron chi connectivity index (χ0n) is 8.38. The molecule has 1 aliphatic rings. The van der Waals surface area contributed by atoms with Crippen LogP contribution >= 0.6 is 11.6 Å². The van der Waals surface area contributed by atoms with Gasteiger partial charge in [0.2, 0.25) is 0 Å². The van der Waals surface area contributed by atoms with E-state index in [0.717, 1.165) is 16.8 Å². The largest absolute Gasteiger partial charge is 0.481 e. The van der Waals surface area contributed by atoms with Gasteiger partial charge in [0.25, 0.3) is 0 Å². The third-order valence-electron chi connectivity index (χ3n) is 2.84. The lowest BCUT2D eigenvalue weighted by Gasteiger charge is -2.25. The molecule has 2 rings (SSSR count). The van der Waals surface area contributed by atoms with E-state index in [0.29, 0.717) is 18.0 Å². The molecule has 0 aromatic heterocycles. The third kappa shape index (κ3) is 1.67. The van der Waals surface area contributed by atoms with E-state index in [2.05, 4.69) is 5.32 Å². The molecule has 0 radical (unpaired) electrons. The van der Waals surface area contributed by atoms with Crippen molar-refractivity contribution in [3.63, 3.8) is 0 Å². The molecule has 0 saturated carbocycles. The smallest absolute Gasteiger partial charge is 0.311 e. The number of benzene rings is 1. The van der Waals surface area contributed by atoms with Crippen molar-refractivity contribution < 1.29 is 9.90 Å². The molecule has 0 aliphatic carbocycles. The van der Waals surface area contributed by atoms with Gasteiger partial charge in [-0.2, -0.15) is 0 Å². The summed E-state index contributed by atoms with van der Waals surface area (Å²) in [6.07, 6.45) is 0.628. The molecule has 0 fully saturated rings. The number of anilines is 1. The van der Waals surface area contributed by atoms with Crippen LogP contribution in [0.5, 0.6) is 0 Å². The Labute approximate surface area is 93.1 Å². The topological polar surface area (TPSA) is 49.3 Å². The second kappa shape index (κ2) is 3.74. The number of fused-ring (bicyclic) bond motifs is 1. The number of carboxylic acid groups (broad SMARTS) is 1. The highest BCUT2D eigenvalue weighted by Gasteiger charge is 2.27. The Balaban J connectivity index is 2.54. The molecule has 2 N–H and O–H groups in total. The molecule has 1 heterocycles. The second-order valence-corrected chi connectivity index (χ2v) is 4.15. The first-order valence-corrected chi connectivity index (χ1v) is 5.24. The van der Waals surface area contributed by atoms with E-state index in [-0.39, 0.29) is 0 Å². The molecule has 1 aromatic carbocycles. The second-order valence-electron chi connectivity index (χ2n) is 3.74. The van der Waals surface area contributed by atoms with Gasteiger partial charge in [-0.1, -0.05) is 17.7 Å². The van der Waals surface area contributed by atoms with Crippen molar-refractivity contribution in [2.24, 2.45) is 0 Å². The summed E-state index contributed by atoms with van der Waals surface area (Å²) in [5.41, 5.74) is 2.66. The Kier molecular flexibility index (Phi) is 2.57. The molecule has 0 saturated heterocycles. The number of carboxylic acids is 1. The maximum Gasteiger partial charge on any atom is 0.311 e. The van der Waals surface area contributed by atoms with Gasteiger partial charge in [-0.25, -0.2) is 0 Å². The number of halogens is 1. The quantitative estimate of drug-likeness (QED) is 0.773. The van der Waals surface area contributed by atoms with Gasteiger partial charge in [0.05, 0.1) is 5.92 Å². The van der Waals surface area contributed by atoms with E-state index < -0.39 is 11.9 Å². The fraction of sp³-hybridized carbons (Fsp3) is 0.364. The average molecular weight is 226 g/mol. The van der Waals surface area contributed by atoms with Crippen molar-refractivity contribution in [3.05, 3.63) is 28.3 Å². The van der Waals surface area contributed by atoms with Crippen LogP contribution < -0.4 is 5.32 Å². The minimum atomic E-state index is -0.764. The van der Waals surface area contributed by atoms with Crippen LogP contribution in [0.2, 0.25) is 5.02 Å². The van der Waals surface area contributed by atoms with Crippen LogP contribution in [0.15, 0.2) is 12.1 Å². The molecule has 80 valence electrons. The lowest BCUT2D eigenvalue weighted by Crippen LogP contribution is -2.23. The zero-order valence-corrected chi connectivity index (χ0v) is 9.14. The van der Waals surface area contributed by atoms with Gasteiger partial charge in [0.15, 0.2) is 0 Å². The normalized spacial score (nSPS) is 19.2. The Hall–Kier alpha value is -1.22. The summed E-state index contributed by atoms with van der Waals surface area (Å²) < 4.78 is 0. The lowest BCUT2D eigenvalue weighted by molar-refractivity contribution is -0.138. The van der Waals surface area contributed by atoms with E-state index >= 15 is 0 Å². The zero-order chi connectivity index (χ0) is 11.0. The van der Waals surface area contributed by atoms with Crippen LogP contribution in [0.4, 0.5) is 5.69 Å². The summed E-state index contributed by atoms with van der Waals surface area (Å²) in [5, 5.41) is 13.0. The van der Waals surface area contributed by atoms with Crippen molar-refractivity contribution >= 4 is 23.3 Å². The molecular formula is C11H12ClNO2. The van der Waals surface area contributed by atoms with Crippen LogP contribution in [-0.4, -0.2) is 17.6 Å². The van der Waals surface area contributed by atoms with Gasteiger partial charge in [-0.3, -0.25) is 4.79 Å². The Morgan fingerprint density at radius 3 is 3.00 bits per heavy atom. The molecule has 0 spiro atoms. The highest BCUT2D eigenvalue weighted by atomic mass is 35.5. The molecule has 15 heavy (non-hydrogen) atoms. The molecule has 1 aromatic rings. The molecular weight excluding hydrogens is 214 g/mol. The summed E-state index contributed by atoms with van der Waals surface area (Å²) in [4.78, 5) is 11.1. The summed E-state index contributed by atoms with van der Waals surface area (Å²) in [7, 11) is 0. The standard InChI is InChI=1S/C11H12ClNO2/c1-6-9(12)3-2-7-8(11(14)15)4-5-13-10(6)7/h2-3,8,13H,4-5H2,1H3,(H,14,15). The monoisotopic (exact) mass is 225 g/mol. The highest BCUT2D eigenvalue weighted by Crippen LogP contribution is 2.36. The van der Waals surface area contributed by atoms with Crippen LogP contribution in [-0.2, 0) is 4.79 Å². The number of nitrogens with one attached hydrogen (secondary N) is 1. The summed E-state index contributed by atoms with van der Waals surface area (Å²) in [6, 6.07) is 3.56. The molecule has 1 atom stereocenters. The van der Waals surface area contributed by atoms with E-state index in [9.17, 15) is 4.79 Å². The molecule has 1 aliphatic heterocycles. The molecule has 1 unspecified atom stereocenters. The summed E-state index contributed by atoms with van der Waals surface area (Å²) in [6.45, 7) is 2.59. The fourth-order valence-electron chi connectivity index (χ4n) is 1.99. The predicted molar refractivity (Wildman–Crippen MR) is 59.7 cm³/mol. The van der Waals surface area contributed by atoms with E-state index in [1.165, 1.54) is 0 Å². The molecule has 0 bridgehead atoms. The number of carbonyl (C=O) groups is 1. The van der Waals surface area contributed by atoms with Crippen molar-refractivity contribution in [2.45, 2.75) is 19.3 Å². The number of hydrogen-bond acceptors (Lipinski definition) is 2. The highest BCUT2D eigenvalue weighted by molar-refractivity contribution is 6.31. The SMILES string of the molecule is Cc1c(Cl)ccc2c1NCCC2C(=O)O. The number of hydrogen-bond donors (Lipinski definition) is 2. The number of rotatable bonds is 1. The van der Waals surface area contributed by atoms with Crippen LogP contribution in [0.3, 0.4) is 0 Å². The van der Waals surface area contributed by atoms with Crippen molar-refractivity contribution in [2.75, 3.05) is 11.9 Å². The minimum absolute atomic E-state index is 0.405. The van der Waals surface area contributed by atoms with Gasteiger partial charge >= 0.3 is 5.97 Å². The van der Waals surface area contributed by atoms with Crippen LogP contribution in [0, 0.1) is 6.92 Å². The number of aliphatic carboxylic acids is 1. The molecule has 0 amide bonds. The van der Waals surface area contributed by atoms with Gasteiger partial charge < -0.3 is 10.4 Å². The van der Waals surface area contributed by atoms with Crippen molar-refractivity contribution in [1.82, 2.24) is 0 Å². The molecule has 4 heteroatoms. The minimum Gasteiger partial charge on any atom is -0.481 e. The van der Waals surface area contributed by atoms with Crippen LogP contribution in [0.1, 0.15) is 23.5 Å². The first-order chi connectivity index (χ1) is 7.11. The van der Waals surface area contributed by atoms with Gasteiger partial charge in [-0.05, 0) is 30.5 Å². The first-order valence-electron chi connectivity index (χ1n) is 4.87. The van der Waals surface area contributed by atoms with Gasteiger partial charge in [-0.15, -0.1) is 0 Å². The Morgan fingerprint density at radius 2 is 2.33 bits per heavy atom. The Morgan fingerprint density at radius 1 is 1.60 bits per heavy atom.